The molecule has 0 spiro atoms. The van der Waals surface area contributed by atoms with Gasteiger partial charge in [0.05, 0.1) is 42.2 Å². The van der Waals surface area contributed by atoms with Crippen LogP contribution in [0.5, 0.6) is 0 Å². The first-order valence-corrected chi connectivity index (χ1v) is 17.7. The maximum absolute atomic E-state index is 12.5. The number of hydrogen-bond acceptors (Lipinski definition) is 8. The summed E-state index contributed by atoms with van der Waals surface area (Å²) >= 11 is 0. The highest BCUT2D eigenvalue weighted by Crippen LogP contribution is 2.29. The molecule has 2 aromatic carbocycles. The van der Waals surface area contributed by atoms with Crippen molar-refractivity contribution in [2.75, 3.05) is 23.7 Å². The van der Waals surface area contributed by atoms with Gasteiger partial charge in [-0.05, 0) is 61.4 Å². The zero-order valence-corrected chi connectivity index (χ0v) is 31.4. The summed E-state index contributed by atoms with van der Waals surface area (Å²) < 4.78 is 78.0. The number of carbonyl (C=O) groups excluding carboxylic acids is 1. The summed E-state index contributed by atoms with van der Waals surface area (Å²) in [5, 5.41) is 14.5. The number of carboxylic acids is 1. The number of imidazole rings is 2. The number of Topliss-reactive ketones (excluding diaryl/α,β-unsaturated/α-hetero) is 1. The maximum Gasteiger partial charge on any atom is 0.390 e. The molecule has 3 N–H and O–H groups in total. The second kappa shape index (κ2) is 17.5. The Morgan fingerprint density at radius 2 is 1.17 bits per heavy atom. The molecule has 58 heavy (non-hydrogen) atoms. The number of aromatic carboxylic acids is 1. The quantitative estimate of drug-likeness (QED) is 0.0630. The van der Waals surface area contributed by atoms with Crippen molar-refractivity contribution in [2.24, 2.45) is 0 Å². The van der Waals surface area contributed by atoms with E-state index >= 15 is 0 Å². The van der Waals surface area contributed by atoms with E-state index in [0.717, 1.165) is 17.5 Å². The highest BCUT2D eigenvalue weighted by Gasteiger charge is 2.27. The molecule has 4 aromatic heterocycles. The van der Waals surface area contributed by atoms with Gasteiger partial charge in [-0.3, -0.25) is 13.6 Å². The van der Waals surface area contributed by atoms with Gasteiger partial charge in [-0.1, -0.05) is 25.1 Å². The first-order chi connectivity index (χ1) is 27.4. The standard InChI is InChI=1S/C22H21F3N4O.C19H15F3N4O2/c1-4-6-19(30)17-8-7-15(11-14(17)3)18-12-27-21-20(26-10-9-22(23,24)25)28-16(5-2)13-29(18)21;1-3-13-10-26-15(12-4-5-14(18(27)28)11(2)8-12)9-24-17(26)16(25-13)23-7-6-19(20,21)22/h2,7-8,11-13H,4,6,9-10H2,1,3H3,(H,26,28);1,4-5,8-10H,6-7H2,2H3,(H,23,25)(H,27,28). The average molecular weight is 803 g/mol. The Morgan fingerprint density at radius 3 is 1.53 bits per heavy atom. The summed E-state index contributed by atoms with van der Waals surface area (Å²) in [4.78, 5) is 40.3. The minimum Gasteiger partial charge on any atom is -0.478 e. The number of aromatic nitrogens is 6. The lowest BCUT2D eigenvalue weighted by molar-refractivity contribution is -0.132. The summed E-state index contributed by atoms with van der Waals surface area (Å²) in [6, 6.07) is 10.3. The minimum absolute atomic E-state index is 0.0923. The molecule has 0 amide bonds. The Morgan fingerprint density at radius 1 is 0.741 bits per heavy atom. The molecular weight excluding hydrogens is 766 g/mol. The molecule has 6 rings (SSSR count). The van der Waals surface area contributed by atoms with Gasteiger partial charge in [-0.25, -0.2) is 24.7 Å². The van der Waals surface area contributed by atoms with Crippen LogP contribution in [0.2, 0.25) is 0 Å². The molecule has 0 atom stereocenters. The van der Waals surface area contributed by atoms with Gasteiger partial charge in [0.15, 0.2) is 28.7 Å². The number of alkyl halides is 6. The van der Waals surface area contributed by atoms with Crippen LogP contribution in [0.4, 0.5) is 38.0 Å². The van der Waals surface area contributed by atoms with Crippen molar-refractivity contribution < 1.29 is 41.0 Å². The first-order valence-electron chi connectivity index (χ1n) is 17.7. The number of benzene rings is 2. The van der Waals surface area contributed by atoms with Crippen molar-refractivity contribution in [2.45, 2.75) is 58.8 Å². The second-order valence-corrected chi connectivity index (χ2v) is 13.0. The molecular formula is C41H36F6N8O3. The van der Waals surface area contributed by atoms with E-state index in [-0.39, 0.29) is 47.5 Å². The number of ketones is 1. The Labute approximate surface area is 328 Å². The second-order valence-electron chi connectivity index (χ2n) is 13.0. The molecule has 0 aliphatic rings. The number of rotatable bonds is 12. The van der Waals surface area contributed by atoms with Crippen LogP contribution in [0.1, 0.15) is 75.8 Å². The summed E-state index contributed by atoms with van der Waals surface area (Å²) in [5.74, 6) is 4.18. The predicted molar refractivity (Wildman–Crippen MR) is 207 cm³/mol. The molecule has 0 bridgehead atoms. The molecule has 11 nitrogen and oxygen atoms in total. The van der Waals surface area contributed by atoms with Gasteiger partial charge in [0.2, 0.25) is 0 Å². The number of nitrogens with zero attached hydrogens (tertiary/aromatic N) is 6. The van der Waals surface area contributed by atoms with Crippen molar-refractivity contribution in [3.05, 3.63) is 94.8 Å². The first kappa shape index (κ1) is 42.3. The molecule has 0 unspecified atom stereocenters. The predicted octanol–water partition coefficient (Wildman–Crippen LogP) is 8.78. The maximum atomic E-state index is 12.5. The van der Waals surface area contributed by atoms with Gasteiger partial charge in [0, 0.05) is 48.6 Å². The highest BCUT2D eigenvalue weighted by molar-refractivity contribution is 5.98. The van der Waals surface area contributed by atoms with Crippen molar-refractivity contribution in [3.8, 4) is 47.2 Å². The van der Waals surface area contributed by atoms with E-state index in [1.54, 1.807) is 52.5 Å². The Bertz CT molecular complexity index is 2580. The van der Waals surface area contributed by atoms with Crippen molar-refractivity contribution in [1.82, 2.24) is 28.7 Å². The number of fused-ring (bicyclic) bond motifs is 2. The molecule has 0 saturated heterocycles. The number of halogens is 6. The SMILES string of the molecule is C#Cc1cn2c(-c3ccc(C(=O)CCC)c(C)c3)cnc2c(NCCC(F)(F)F)n1.C#Cc1cn2c(-c3ccc(C(=O)O)c(C)c3)cnc2c(NCCC(F)(F)F)n1. The van der Waals surface area contributed by atoms with Crippen LogP contribution in [0.25, 0.3) is 33.8 Å². The fourth-order valence-corrected chi connectivity index (χ4v) is 5.99. The van der Waals surface area contributed by atoms with Gasteiger partial charge in [0.25, 0.3) is 0 Å². The topological polar surface area (TPSA) is 139 Å². The van der Waals surface area contributed by atoms with Crippen LogP contribution in [-0.4, -0.2) is 71.0 Å². The van der Waals surface area contributed by atoms with Crippen LogP contribution in [-0.2, 0) is 0 Å². The molecule has 0 aliphatic heterocycles. The van der Waals surface area contributed by atoms with Crippen LogP contribution >= 0.6 is 0 Å². The highest BCUT2D eigenvalue weighted by atomic mass is 19.4. The number of carboxylic acid groups (broad SMARTS) is 1. The van der Waals surface area contributed by atoms with Crippen molar-refractivity contribution >= 4 is 34.7 Å². The van der Waals surface area contributed by atoms with Crippen molar-refractivity contribution in [1.29, 1.82) is 0 Å². The summed E-state index contributed by atoms with van der Waals surface area (Å²) in [6.07, 6.45) is 7.87. The zero-order valence-electron chi connectivity index (χ0n) is 31.4. The lowest BCUT2D eigenvalue weighted by Crippen LogP contribution is -2.16. The molecule has 0 radical (unpaired) electrons. The third-order valence-electron chi connectivity index (χ3n) is 8.73. The number of carbonyl (C=O) groups is 2. The number of hydrogen-bond donors (Lipinski definition) is 3. The van der Waals surface area contributed by atoms with E-state index in [2.05, 4.69) is 42.4 Å². The summed E-state index contributed by atoms with van der Waals surface area (Å²) in [5.41, 5.74) is 6.23. The van der Waals surface area contributed by atoms with Crippen LogP contribution in [0.15, 0.2) is 61.2 Å². The zero-order chi connectivity index (χ0) is 42.4. The number of aryl methyl sites for hydroxylation is 2. The van der Waals surface area contributed by atoms with E-state index in [9.17, 15) is 35.9 Å². The minimum atomic E-state index is -4.29. The van der Waals surface area contributed by atoms with Crippen LogP contribution in [0.3, 0.4) is 0 Å². The Balaban J connectivity index is 0.000000221. The summed E-state index contributed by atoms with van der Waals surface area (Å²) in [6.45, 7) is 4.80. The molecule has 0 aliphatic carbocycles. The largest absolute Gasteiger partial charge is 0.478 e. The smallest absolute Gasteiger partial charge is 0.390 e. The fourth-order valence-electron chi connectivity index (χ4n) is 5.99. The molecule has 0 saturated carbocycles. The normalized spacial score (nSPS) is 11.4. The monoisotopic (exact) mass is 802 g/mol. The Hall–Kier alpha value is -6.88. The lowest BCUT2D eigenvalue weighted by atomic mass is 9.98. The third-order valence-corrected chi connectivity index (χ3v) is 8.73. The molecule has 4 heterocycles. The van der Waals surface area contributed by atoms with Gasteiger partial charge in [-0.15, -0.1) is 12.8 Å². The van der Waals surface area contributed by atoms with E-state index in [1.807, 2.05) is 26.0 Å². The van der Waals surface area contributed by atoms with E-state index in [1.165, 1.54) is 12.3 Å². The molecule has 17 heteroatoms. The number of nitrogens with one attached hydrogen (secondary N) is 2. The Kier molecular flexibility index (Phi) is 12.8. The number of terminal acetylenes is 2. The van der Waals surface area contributed by atoms with Gasteiger partial charge in [-0.2, -0.15) is 26.3 Å². The lowest BCUT2D eigenvalue weighted by Gasteiger charge is -2.11. The average Bonchev–Trinajstić information content (AvgIpc) is 3.79. The number of anilines is 2. The van der Waals surface area contributed by atoms with E-state index in [4.69, 9.17) is 18.0 Å². The fraction of sp³-hybridized carbons (Fsp3) is 0.268. The van der Waals surface area contributed by atoms with Gasteiger partial charge >= 0.3 is 18.3 Å². The van der Waals surface area contributed by atoms with Gasteiger partial charge in [0.1, 0.15) is 11.4 Å². The van der Waals surface area contributed by atoms with E-state index in [0.29, 0.717) is 45.8 Å². The summed E-state index contributed by atoms with van der Waals surface area (Å²) in [7, 11) is 0. The molecule has 0 fully saturated rings. The van der Waals surface area contributed by atoms with Crippen molar-refractivity contribution in [3.63, 3.8) is 0 Å². The van der Waals surface area contributed by atoms with E-state index < -0.39 is 31.2 Å². The van der Waals surface area contributed by atoms with Gasteiger partial charge < -0.3 is 15.7 Å². The van der Waals surface area contributed by atoms with Crippen LogP contribution < -0.4 is 10.6 Å². The molecule has 300 valence electrons. The third kappa shape index (κ3) is 10.1. The molecule has 6 aromatic rings. The van der Waals surface area contributed by atoms with Crippen LogP contribution in [0, 0.1) is 38.5 Å².